The van der Waals surface area contributed by atoms with Crippen molar-refractivity contribution in [1.82, 2.24) is 6.15 Å². The van der Waals surface area contributed by atoms with Crippen LogP contribution in [0.3, 0.4) is 0 Å². The predicted molar refractivity (Wildman–Crippen MR) is 69.6 cm³/mol. The number of halogens is 1. The molecule has 1 nitrogen and oxygen atoms in total. The van der Waals surface area contributed by atoms with Crippen LogP contribution in [-0.2, 0) is 0 Å². The minimum atomic E-state index is 0. The molecule has 14 heavy (non-hydrogen) atoms. The Hall–Kier alpha value is -0.0100. The van der Waals surface area contributed by atoms with Crippen LogP contribution in [0.1, 0.15) is 59.3 Å². The second-order valence-corrected chi connectivity index (χ2v) is 3.57. The fourth-order valence-corrected chi connectivity index (χ4v) is 1.54. The van der Waals surface area contributed by atoms with E-state index in [9.17, 15) is 0 Å². The van der Waals surface area contributed by atoms with Gasteiger partial charge in [0.15, 0.2) is 0 Å². The molecule has 0 rings (SSSR count). The molecule has 0 aromatic carbocycles. The number of allylic oxidation sites excluding steroid dienone is 2. The summed E-state index contributed by atoms with van der Waals surface area (Å²) < 4.78 is 0. The quantitative estimate of drug-likeness (QED) is 0.594. The van der Waals surface area contributed by atoms with Crippen molar-refractivity contribution >= 4 is 12.4 Å². The highest BCUT2D eigenvalue weighted by molar-refractivity contribution is 5.85. The SMILES string of the molecule is CC=CC(CCCC)CCCC.Cl.N. The van der Waals surface area contributed by atoms with Crippen LogP contribution in [0.25, 0.3) is 0 Å². The molecule has 0 unspecified atom stereocenters. The van der Waals surface area contributed by atoms with Gasteiger partial charge in [0.2, 0.25) is 0 Å². The highest BCUT2D eigenvalue weighted by atomic mass is 35.5. The second-order valence-electron chi connectivity index (χ2n) is 3.57. The Morgan fingerprint density at radius 3 is 1.71 bits per heavy atom. The van der Waals surface area contributed by atoms with E-state index in [0.29, 0.717) is 0 Å². The van der Waals surface area contributed by atoms with Gasteiger partial charge in [0.25, 0.3) is 0 Å². The van der Waals surface area contributed by atoms with Gasteiger partial charge in [0.1, 0.15) is 0 Å². The molecule has 2 heteroatoms. The number of unbranched alkanes of at least 4 members (excludes halogenated alkanes) is 2. The summed E-state index contributed by atoms with van der Waals surface area (Å²) in [5.74, 6) is 0.856. The van der Waals surface area contributed by atoms with Crippen molar-refractivity contribution in [1.29, 1.82) is 0 Å². The summed E-state index contributed by atoms with van der Waals surface area (Å²) in [6, 6.07) is 0. The van der Waals surface area contributed by atoms with E-state index in [2.05, 4.69) is 32.9 Å². The summed E-state index contributed by atoms with van der Waals surface area (Å²) >= 11 is 0. The van der Waals surface area contributed by atoms with Gasteiger partial charge in [-0.15, -0.1) is 12.4 Å². The molecule has 0 fully saturated rings. The molecule has 3 N–H and O–H groups in total. The van der Waals surface area contributed by atoms with Gasteiger partial charge in [-0.2, -0.15) is 0 Å². The topological polar surface area (TPSA) is 35.0 Å². The van der Waals surface area contributed by atoms with Crippen LogP contribution in [0, 0.1) is 5.92 Å². The molecule has 0 saturated heterocycles. The highest BCUT2D eigenvalue weighted by Crippen LogP contribution is 2.17. The van der Waals surface area contributed by atoms with E-state index < -0.39 is 0 Å². The zero-order valence-electron chi connectivity index (χ0n) is 10.1. The maximum absolute atomic E-state index is 2.38. The molecule has 0 atom stereocenters. The van der Waals surface area contributed by atoms with Crippen LogP contribution >= 0.6 is 12.4 Å². The first-order valence-electron chi connectivity index (χ1n) is 5.47. The normalized spacial score (nSPS) is 10.0. The Bertz CT molecular complexity index is 105. The van der Waals surface area contributed by atoms with Crippen LogP contribution in [0.15, 0.2) is 12.2 Å². The van der Waals surface area contributed by atoms with E-state index in [4.69, 9.17) is 0 Å². The summed E-state index contributed by atoms with van der Waals surface area (Å²) in [5.41, 5.74) is 0. The van der Waals surface area contributed by atoms with E-state index in [1.165, 1.54) is 38.5 Å². The standard InChI is InChI=1S/C12H24.ClH.H3N/c1-4-7-10-12(9-6-3)11-8-5-2;;/h6,9,12H,4-5,7-8,10-11H2,1-3H3;1H;1H3. The summed E-state index contributed by atoms with van der Waals surface area (Å²) in [5, 5.41) is 0. The molecule has 0 bridgehead atoms. The lowest BCUT2D eigenvalue weighted by molar-refractivity contribution is 0.497. The van der Waals surface area contributed by atoms with Crippen LogP contribution in [0.2, 0.25) is 0 Å². The first-order valence-corrected chi connectivity index (χ1v) is 5.47. The predicted octanol–water partition coefficient (Wildman–Crippen LogP) is 5.14. The molecule has 0 radical (unpaired) electrons. The third-order valence-electron chi connectivity index (χ3n) is 2.32. The minimum absolute atomic E-state index is 0. The maximum atomic E-state index is 2.38. The Balaban J connectivity index is -0.000000605. The van der Waals surface area contributed by atoms with Crippen LogP contribution in [0.4, 0.5) is 0 Å². The number of rotatable bonds is 7. The van der Waals surface area contributed by atoms with E-state index >= 15 is 0 Å². The van der Waals surface area contributed by atoms with Crippen LogP contribution in [0.5, 0.6) is 0 Å². The molecular formula is C12H28ClN. The van der Waals surface area contributed by atoms with Gasteiger partial charge in [-0.1, -0.05) is 51.7 Å². The third-order valence-corrected chi connectivity index (χ3v) is 2.32. The highest BCUT2D eigenvalue weighted by Gasteiger charge is 2.02. The summed E-state index contributed by atoms with van der Waals surface area (Å²) in [6.45, 7) is 6.67. The van der Waals surface area contributed by atoms with E-state index in [-0.39, 0.29) is 18.6 Å². The van der Waals surface area contributed by atoms with Gasteiger partial charge in [-0.05, 0) is 25.7 Å². The lowest BCUT2D eigenvalue weighted by Gasteiger charge is -2.10. The molecule has 0 amide bonds. The molecule has 0 heterocycles. The average molecular weight is 222 g/mol. The van der Waals surface area contributed by atoms with E-state index in [1.54, 1.807) is 0 Å². The zero-order valence-corrected chi connectivity index (χ0v) is 10.9. The smallest absolute Gasteiger partial charge is 0.0234 e. The van der Waals surface area contributed by atoms with Crippen molar-refractivity contribution in [3.8, 4) is 0 Å². The average Bonchev–Trinajstić information content (AvgIpc) is 2.10. The third kappa shape index (κ3) is 12.0. The molecule has 0 aliphatic heterocycles. The molecule has 0 saturated carbocycles. The van der Waals surface area contributed by atoms with E-state index in [0.717, 1.165) is 5.92 Å². The van der Waals surface area contributed by atoms with Gasteiger partial charge in [0.05, 0.1) is 0 Å². The molecule has 0 aliphatic carbocycles. The summed E-state index contributed by atoms with van der Waals surface area (Å²) in [7, 11) is 0. The zero-order chi connectivity index (χ0) is 9.23. The molecule has 0 spiro atoms. The van der Waals surface area contributed by atoms with Crippen molar-refractivity contribution in [2.24, 2.45) is 5.92 Å². The summed E-state index contributed by atoms with van der Waals surface area (Å²) in [4.78, 5) is 0. The first-order chi connectivity index (χ1) is 5.85. The van der Waals surface area contributed by atoms with Gasteiger partial charge in [0, 0.05) is 0 Å². The Morgan fingerprint density at radius 1 is 1.00 bits per heavy atom. The minimum Gasteiger partial charge on any atom is -0.344 e. The maximum Gasteiger partial charge on any atom is -0.0234 e. The number of hydrogen-bond donors (Lipinski definition) is 1. The van der Waals surface area contributed by atoms with Gasteiger partial charge in [-0.3, -0.25) is 0 Å². The molecular weight excluding hydrogens is 194 g/mol. The molecule has 0 aliphatic rings. The lowest BCUT2D eigenvalue weighted by atomic mass is 9.96. The van der Waals surface area contributed by atoms with Crippen molar-refractivity contribution in [3.63, 3.8) is 0 Å². The monoisotopic (exact) mass is 221 g/mol. The van der Waals surface area contributed by atoms with Crippen LogP contribution < -0.4 is 6.15 Å². The first kappa shape index (κ1) is 19.5. The molecule has 88 valence electrons. The molecule has 0 aromatic rings. The lowest BCUT2D eigenvalue weighted by Crippen LogP contribution is -1.95. The Morgan fingerprint density at radius 2 is 1.43 bits per heavy atom. The molecule has 0 aromatic heterocycles. The Labute approximate surface area is 96.4 Å². The Kier molecular flexibility index (Phi) is 21.6. The fraction of sp³-hybridized carbons (Fsp3) is 0.833. The fourth-order valence-electron chi connectivity index (χ4n) is 1.54. The second kappa shape index (κ2) is 15.5. The van der Waals surface area contributed by atoms with Gasteiger partial charge < -0.3 is 6.15 Å². The summed E-state index contributed by atoms with van der Waals surface area (Å²) in [6.07, 6.45) is 12.8. The van der Waals surface area contributed by atoms with Crippen molar-refractivity contribution < 1.29 is 0 Å². The van der Waals surface area contributed by atoms with Gasteiger partial charge in [-0.25, -0.2) is 0 Å². The van der Waals surface area contributed by atoms with Crippen LogP contribution in [-0.4, -0.2) is 0 Å². The number of hydrogen-bond acceptors (Lipinski definition) is 1. The van der Waals surface area contributed by atoms with Crippen molar-refractivity contribution in [3.05, 3.63) is 12.2 Å². The van der Waals surface area contributed by atoms with Gasteiger partial charge >= 0.3 is 0 Å². The van der Waals surface area contributed by atoms with Crippen molar-refractivity contribution in [2.75, 3.05) is 0 Å². The van der Waals surface area contributed by atoms with E-state index in [1.807, 2.05) is 0 Å². The van der Waals surface area contributed by atoms with Crippen molar-refractivity contribution in [2.45, 2.75) is 59.3 Å². The largest absolute Gasteiger partial charge is 0.344 e.